The predicted octanol–water partition coefficient (Wildman–Crippen LogP) is 3.44. The number of rotatable bonds is 2. The summed E-state index contributed by atoms with van der Waals surface area (Å²) < 4.78 is 3.15. The van der Waals surface area contributed by atoms with Crippen LogP contribution in [0.2, 0.25) is 0 Å². The van der Waals surface area contributed by atoms with E-state index in [0.29, 0.717) is 19.4 Å². The number of likely N-dealkylation sites (tertiary alicyclic amines) is 1. The molecule has 1 fully saturated rings. The third kappa shape index (κ3) is 5.09. The van der Waals surface area contributed by atoms with Gasteiger partial charge in [0.15, 0.2) is 0 Å². The number of amides is 1. The maximum absolute atomic E-state index is 10.9. The van der Waals surface area contributed by atoms with Gasteiger partial charge in [-0.3, -0.25) is 5.41 Å². The maximum atomic E-state index is 10.9. The van der Waals surface area contributed by atoms with E-state index in [4.69, 9.17) is 50.1 Å². The van der Waals surface area contributed by atoms with Crippen molar-refractivity contribution in [3.8, 4) is 0 Å². The summed E-state index contributed by atoms with van der Waals surface area (Å²) in [5, 5.41) is 16.3. The minimum atomic E-state index is -1.85. The number of hydrogen-bond donors (Lipinski definition) is 2. The maximum Gasteiger partial charge on any atom is 0.407 e. The molecule has 1 rings (SSSR count). The fraction of sp³-hybridized carbons (Fsp3) is 0.636. The number of carbonyl (C=O) groups is 1. The molecule has 0 saturated carbocycles. The first kappa shape index (κ1) is 16.4. The number of piperidine rings is 1. The molecule has 5 nitrogen and oxygen atoms in total. The zero-order chi connectivity index (χ0) is 14.6. The van der Waals surface area contributed by atoms with Crippen LogP contribution in [0.3, 0.4) is 0 Å². The highest BCUT2D eigenvalue weighted by molar-refractivity contribution is 6.76. The van der Waals surface area contributed by atoms with Crippen LogP contribution in [-0.4, -0.2) is 45.0 Å². The van der Waals surface area contributed by atoms with E-state index in [-0.39, 0.29) is 12.6 Å². The first-order valence-corrected chi connectivity index (χ1v) is 6.81. The van der Waals surface area contributed by atoms with E-state index in [2.05, 4.69) is 0 Å². The van der Waals surface area contributed by atoms with E-state index >= 15 is 0 Å². The second-order valence-electron chi connectivity index (χ2n) is 4.28. The van der Waals surface area contributed by atoms with Gasteiger partial charge in [-0.05, 0) is 25.8 Å². The van der Waals surface area contributed by atoms with Crippen LogP contribution in [0, 0.1) is 5.41 Å². The Balaban J connectivity index is 2.45. The lowest BCUT2D eigenvalue weighted by Crippen LogP contribution is -2.41. The Bertz CT molecular complexity index is 393. The van der Waals surface area contributed by atoms with Gasteiger partial charge < -0.3 is 14.7 Å². The summed E-state index contributed by atoms with van der Waals surface area (Å²) in [6.45, 7) is 2.46. The molecular weight excluding hydrogens is 314 g/mol. The Hall–Kier alpha value is -0.650. The minimum Gasteiger partial charge on any atom is -0.474 e. The van der Waals surface area contributed by atoms with Crippen LogP contribution in [0.5, 0.6) is 0 Å². The van der Waals surface area contributed by atoms with E-state index < -0.39 is 15.8 Å². The number of halogens is 3. The van der Waals surface area contributed by atoms with Gasteiger partial charge in [-0.25, -0.2) is 4.79 Å². The Morgan fingerprint density at radius 1 is 1.63 bits per heavy atom. The fourth-order valence-electron chi connectivity index (χ4n) is 1.87. The molecule has 1 heterocycles. The molecular formula is C11H15Cl3N2O3. The van der Waals surface area contributed by atoms with Crippen LogP contribution < -0.4 is 0 Å². The van der Waals surface area contributed by atoms with Crippen molar-refractivity contribution >= 4 is 46.8 Å². The largest absolute Gasteiger partial charge is 0.474 e. The Morgan fingerprint density at radius 3 is 2.74 bits per heavy atom. The van der Waals surface area contributed by atoms with Crippen molar-refractivity contribution in [1.82, 2.24) is 4.90 Å². The Kier molecular flexibility index (Phi) is 5.77. The molecule has 0 aliphatic carbocycles. The molecule has 1 aliphatic heterocycles. The summed E-state index contributed by atoms with van der Waals surface area (Å²) in [6.07, 6.45) is 2.21. The van der Waals surface area contributed by atoms with Crippen molar-refractivity contribution in [2.24, 2.45) is 0 Å². The average Bonchev–Trinajstić information content (AvgIpc) is 2.27. The molecule has 0 aromatic rings. The molecule has 1 amide bonds. The quantitative estimate of drug-likeness (QED) is 0.353. The highest BCUT2D eigenvalue weighted by atomic mass is 35.6. The lowest BCUT2D eigenvalue weighted by atomic mass is 9.98. The van der Waals surface area contributed by atoms with Crippen molar-refractivity contribution in [2.75, 3.05) is 13.2 Å². The molecule has 0 unspecified atom stereocenters. The van der Waals surface area contributed by atoms with Gasteiger partial charge in [-0.2, -0.15) is 0 Å². The number of carboxylic acid groups (broad SMARTS) is 1. The molecule has 1 aliphatic rings. The minimum absolute atomic E-state index is 0.0647. The summed E-state index contributed by atoms with van der Waals surface area (Å²) in [5.74, 6) is -0.426. The molecule has 19 heavy (non-hydrogen) atoms. The number of hydrogen-bond acceptors (Lipinski definition) is 3. The van der Waals surface area contributed by atoms with Crippen molar-refractivity contribution in [2.45, 2.75) is 29.6 Å². The molecule has 1 atom stereocenters. The highest BCUT2D eigenvalue weighted by Gasteiger charge is 2.28. The topological polar surface area (TPSA) is 73.6 Å². The lowest BCUT2D eigenvalue weighted by Gasteiger charge is -2.32. The van der Waals surface area contributed by atoms with Crippen LogP contribution in [0.4, 0.5) is 4.79 Å². The normalized spacial score (nSPS) is 22.4. The number of alkyl halides is 3. The van der Waals surface area contributed by atoms with Crippen molar-refractivity contribution in [3.05, 3.63) is 11.6 Å². The molecule has 0 aromatic carbocycles. The molecule has 0 aromatic heterocycles. The second kappa shape index (κ2) is 6.68. The van der Waals surface area contributed by atoms with Gasteiger partial charge in [0.1, 0.15) is 6.61 Å². The van der Waals surface area contributed by atoms with E-state index in [1.807, 2.05) is 6.92 Å². The Labute approximate surface area is 126 Å². The van der Waals surface area contributed by atoms with Crippen molar-refractivity contribution in [1.29, 1.82) is 5.41 Å². The van der Waals surface area contributed by atoms with Gasteiger partial charge in [0.2, 0.25) is 5.90 Å². The van der Waals surface area contributed by atoms with E-state index in [1.54, 1.807) is 6.08 Å². The summed E-state index contributed by atoms with van der Waals surface area (Å²) in [7, 11) is 0. The van der Waals surface area contributed by atoms with Gasteiger partial charge in [0.05, 0.1) is 0 Å². The molecule has 108 valence electrons. The zero-order valence-corrected chi connectivity index (χ0v) is 12.6. The van der Waals surface area contributed by atoms with Gasteiger partial charge in [-0.15, -0.1) is 0 Å². The van der Waals surface area contributed by atoms with Gasteiger partial charge in [0.25, 0.3) is 3.79 Å². The molecule has 8 heteroatoms. The first-order chi connectivity index (χ1) is 8.71. The lowest BCUT2D eigenvalue weighted by molar-refractivity contribution is 0.121. The third-order valence-corrected chi connectivity index (χ3v) is 3.38. The van der Waals surface area contributed by atoms with Crippen LogP contribution in [-0.2, 0) is 4.74 Å². The zero-order valence-electron chi connectivity index (χ0n) is 10.3. The number of nitrogens with zero attached hydrogens (tertiary/aromatic N) is 1. The van der Waals surface area contributed by atoms with Crippen molar-refractivity contribution in [3.63, 3.8) is 0 Å². The van der Waals surface area contributed by atoms with Gasteiger partial charge in [0, 0.05) is 12.6 Å². The van der Waals surface area contributed by atoms with E-state index in [0.717, 1.165) is 5.57 Å². The molecule has 1 saturated heterocycles. The van der Waals surface area contributed by atoms with Crippen LogP contribution >= 0.6 is 34.8 Å². The van der Waals surface area contributed by atoms with Crippen LogP contribution in [0.25, 0.3) is 0 Å². The van der Waals surface area contributed by atoms with E-state index in [9.17, 15) is 4.79 Å². The van der Waals surface area contributed by atoms with Crippen LogP contribution in [0.1, 0.15) is 19.8 Å². The molecule has 0 bridgehead atoms. The average molecular weight is 330 g/mol. The summed E-state index contributed by atoms with van der Waals surface area (Å²) in [5.41, 5.74) is 1.09. The molecule has 0 spiro atoms. The summed E-state index contributed by atoms with van der Waals surface area (Å²) in [4.78, 5) is 12.3. The molecule has 0 radical (unpaired) electrons. The standard InChI is InChI=1S/C11H15Cl3N2O3/c1-7-6-8(2-4-16(7)10(17)18)3-5-19-9(15)11(12,13)14/h3,7,15H,2,4-6H2,1H3,(H,17,18)/b8-3-,15-9?/t7-/m0/s1. The Morgan fingerprint density at radius 2 is 2.26 bits per heavy atom. The summed E-state index contributed by atoms with van der Waals surface area (Å²) >= 11 is 16.4. The van der Waals surface area contributed by atoms with E-state index in [1.165, 1.54) is 4.90 Å². The predicted molar refractivity (Wildman–Crippen MR) is 75.5 cm³/mol. The first-order valence-electron chi connectivity index (χ1n) is 5.68. The van der Waals surface area contributed by atoms with Crippen LogP contribution in [0.15, 0.2) is 11.6 Å². The fourth-order valence-corrected chi connectivity index (χ4v) is 2.03. The van der Waals surface area contributed by atoms with Crippen molar-refractivity contribution < 1.29 is 14.6 Å². The monoisotopic (exact) mass is 328 g/mol. The number of nitrogens with one attached hydrogen (secondary N) is 1. The highest BCUT2D eigenvalue weighted by Crippen LogP contribution is 2.28. The smallest absolute Gasteiger partial charge is 0.407 e. The molecule has 2 N–H and O–H groups in total. The third-order valence-electron chi connectivity index (χ3n) is 2.87. The van der Waals surface area contributed by atoms with Gasteiger partial charge >= 0.3 is 6.09 Å². The van der Waals surface area contributed by atoms with Gasteiger partial charge in [-0.1, -0.05) is 40.4 Å². The number of ether oxygens (including phenoxy) is 1. The SMILES string of the molecule is C[C@H]1C/C(=C\COC(=N)C(Cl)(Cl)Cl)CCN1C(=O)O. The second-order valence-corrected chi connectivity index (χ2v) is 6.56. The summed E-state index contributed by atoms with van der Waals surface area (Å²) in [6, 6.07) is -0.0647.